The maximum Gasteiger partial charge on any atom is 0.193 e. The van der Waals surface area contributed by atoms with E-state index in [1.54, 1.807) is 43.5 Å². The summed E-state index contributed by atoms with van der Waals surface area (Å²) in [4.78, 5) is 12.2. The van der Waals surface area contributed by atoms with E-state index in [0.717, 1.165) is 11.3 Å². The molecule has 0 amide bonds. The van der Waals surface area contributed by atoms with Crippen molar-refractivity contribution in [2.24, 2.45) is 0 Å². The van der Waals surface area contributed by atoms with Gasteiger partial charge in [0.25, 0.3) is 0 Å². The average molecular weight is 241 g/mol. The van der Waals surface area contributed by atoms with Gasteiger partial charge in [-0.3, -0.25) is 4.79 Å². The van der Waals surface area contributed by atoms with Crippen molar-refractivity contribution >= 4 is 11.5 Å². The predicted octanol–water partition coefficient (Wildman–Crippen LogP) is 2.82. The summed E-state index contributed by atoms with van der Waals surface area (Å²) in [6.45, 7) is 1.92. The maximum absolute atomic E-state index is 12.2. The molecule has 0 spiro atoms. The van der Waals surface area contributed by atoms with E-state index < -0.39 is 0 Å². The SMILES string of the molecule is COc1ccc(C(=O)c2ccc(N)cc2)cc1C. The molecule has 0 aliphatic heterocycles. The Morgan fingerprint density at radius 2 is 1.67 bits per heavy atom. The summed E-state index contributed by atoms with van der Waals surface area (Å²) in [7, 11) is 1.61. The number of benzene rings is 2. The number of nitrogen functional groups attached to an aromatic ring is 1. The zero-order valence-electron chi connectivity index (χ0n) is 10.4. The molecular weight excluding hydrogens is 226 g/mol. The lowest BCUT2D eigenvalue weighted by atomic mass is 10.0. The van der Waals surface area contributed by atoms with Crippen molar-refractivity contribution in [2.45, 2.75) is 6.92 Å². The van der Waals surface area contributed by atoms with Gasteiger partial charge < -0.3 is 10.5 Å². The number of methoxy groups -OCH3 is 1. The van der Waals surface area contributed by atoms with Gasteiger partial charge in [0.2, 0.25) is 0 Å². The van der Waals surface area contributed by atoms with Crippen LogP contribution in [0.2, 0.25) is 0 Å². The number of anilines is 1. The summed E-state index contributed by atoms with van der Waals surface area (Å²) in [5, 5.41) is 0. The van der Waals surface area contributed by atoms with Gasteiger partial charge >= 0.3 is 0 Å². The highest BCUT2D eigenvalue weighted by Gasteiger charge is 2.10. The first kappa shape index (κ1) is 12.2. The maximum atomic E-state index is 12.2. The molecule has 0 heterocycles. The number of hydrogen-bond donors (Lipinski definition) is 1. The Bertz CT molecular complexity index is 574. The Balaban J connectivity index is 2.34. The van der Waals surface area contributed by atoms with Crippen LogP contribution in [-0.2, 0) is 0 Å². The summed E-state index contributed by atoms with van der Waals surface area (Å²) < 4.78 is 5.17. The molecule has 0 bridgehead atoms. The monoisotopic (exact) mass is 241 g/mol. The smallest absolute Gasteiger partial charge is 0.193 e. The van der Waals surface area contributed by atoms with E-state index in [-0.39, 0.29) is 5.78 Å². The van der Waals surface area contributed by atoms with Crippen LogP contribution in [0.1, 0.15) is 21.5 Å². The van der Waals surface area contributed by atoms with Crippen LogP contribution in [-0.4, -0.2) is 12.9 Å². The standard InChI is InChI=1S/C15H15NO2/c1-10-9-12(5-8-14(10)18-2)15(17)11-3-6-13(16)7-4-11/h3-9H,16H2,1-2H3. The minimum Gasteiger partial charge on any atom is -0.496 e. The Labute approximate surface area is 106 Å². The highest BCUT2D eigenvalue weighted by atomic mass is 16.5. The topological polar surface area (TPSA) is 52.3 Å². The van der Waals surface area contributed by atoms with E-state index in [0.29, 0.717) is 16.8 Å². The minimum absolute atomic E-state index is 0.0132. The summed E-state index contributed by atoms with van der Waals surface area (Å²) in [6.07, 6.45) is 0. The van der Waals surface area contributed by atoms with Crippen molar-refractivity contribution < 1.29 is 9.53 Å². The molecule has 0 saturated carbocycles. The molecule has 3 nitrogen and oxygen atoms in total. The van der Waals surface area contributed by atoms with Crippen molar-refractivity contribution in [2.75, 3.05) is 12.8 Å². The van der Waals surface area contributed by atoms with E-state index in [2.05, 4.69) is 0 Å². The molecule has 0 aromatic heterocycles. The fraction of sp³-hybridized carbons (Fsp3) is 0.133. The summed E-state index contributed by atoms with van der Waals surface area (Å²) in [5.41, 5.74) is 8.48. The molecule has 0 fully saturated rings. The van der Waals surface area contributed by atoms with E-state index in [9.17, 15) is 4.79 Å². The summed E-state index contributed by atoms with van der Waals surface area (Å²) in [6, 6.07) is 12.3. The first-order valence-electron chi connectivity index (χ1n) is 5.66. The Morgan fingerprint density at radius 1 is 1.06 bits per heavy atom. The normalized spacial score (nSPS) is 10.1. The van der Waals surface area contributed by atoms with Gasteiger partial charge in [0.1, 0.15) is 5.75 Å². The molecule has 0 radical (unpaired) electrons. The molecule has 0 unspecified atom stereocenters. The van der Waals surface area contributed by atoms with Crippen molar-refractivity contribution in [1.82, 2.24) is 0 Å². The second kappa shape index (κ2) is 4.92. The third kappa shape index (κ3) is 2.35. The second-order valence-electron chi connectivity index (χ2n) is 4.14. The van der Waals surface area contributed by atoms with E-state index in [1.165, 1.54) is 0 Å². The number of nitrogens with two attached hydrogens (primary N) is 1. The largest absolute Gasteiger partial charge is 0.496 e. The van der Waals surface area contributed by atoms with Gasteiger partial charge in [-0.1, -0.05) is 0 Å². The van der Waals surface area contributed by atoms with Gasteiger partial charge in [0, 0.05) is 16.8 Å². The lowest BCUT2D eigenvalue weighted by Gasteiger charge is -2.07. The van der Waals surface area contributed by atoms with Gasteiger partial charge in [-0.2, -0.15) is 0 Å². The number of carbonyl (C=O) groups excluding carboxylic acids is 1. The van der Waals surface area contributed by atoms with Crippen LogP contribution in [0, 0.1) is 6.92 Å². The number of hydrogen-bond acceptors (Lipinski definition) is 3. The highest BCUT2D eigenvalue weighted by Crippen LogP contribution is 2.20. The van der Waals surface area contributed by atoms with Crippen LogP contribution in [0.15, 0.2) is 42.5 Å². The molecule has 2 aromatic carbocycles. The quantitative estimate of drug-likeness (QED) is 0.664. The van der Waals surface area contributed by atoms with Crippen LogP contribution < -0.4 is 10.5 Å². The molecule has 92 valence electrons. The molecule has 18 heavy (non-hydrogen) atoms. The molecule has 2 N–H and O–H groups in total. The van der Waals surface area contributed by atoms with Crippen molar-refractivity contribution in [3.63, 3.8) is 0 Å². The first-order valence-corrected chi connectivity index (χ1v) is 5.66. The number of ketones is 1. The lowest BCUT2D eigenvalue weighted by molar-refractivity contribution is 0.103. The van der Waals surface area contributed by atoms with Crippen LogP contribution in [0.3, 0.4) is 0 Å². The van der Waals surface area contributed by atoms with Crippen molar-refractivity contribution in [3.8, 4) is 5.75 Å². The second-order valence-corrected chi connectivity index (χ2v) is 4.14. The first-order chi connectivity index (χ1) is 8.61. The predicted molar refractivity (Wildman–Crippen MR) is 72.0 cm³/mol. The Hall–Kier alpha value is -2.29. The van der Waals surface area contributed by atoms with Crippen molar-refractivity contribution in [1.29, 1.82) is 0 Å². The van der Waals surface area contributed by atoms with Gasteiger partial charge in [0.15, 0.2) is 5.78 Å². The van der Waals surface area contributed by atoms with Crippen LogP contribution in [0.25, 0.3) is 0 Å². The fourth-order valence-corrected chi connectivity index (χ4v) is 1.82. The molecule has 2 rings (SSSR count). The van der Waals surface area contributed by atoms with E-state index in [4.69, 9.17) is 10.5 Å². The van der Waals surface area contributed by atoms with E-state index >= 15 is 0 Å². The Kier molecular flexibility index (Phi) is 3.33. The van der Waals surface area contributed by atoms with Gasteiger partial charge in [0.05, 0.1) is 7.11 Å². The fourth-order valence-electron chi connectivity index (χ4n) is 1.82. The third-order valence-corrected chi connectivity index (χ3v) is 2.83. The molecular formula is C15H15NO2. The van der Waals surface area contributed by atoms with Gasteiger partial charge in [-0.05, 0) is 55.0 Å². The molecule has 0 aliphatic carbocycles. The minimum atomic E-state index is -0.0132. The zero-order valence-corrected chi connectivity index (χ0v) is 10.4. The number of ether oxygens (including phenoxy) is 1. The number of carbonyl (C=O) groups is 1. The van der Waals surface area contributed by atoms with Crippen molar-refractivity contribution in [3.05, 3.63) is 59.2 Å². The Morgan fingerprint density at radius 3 is 2.22 bits per heavy atom. The van der Waals surface area contributed by atoms with E-state index in [1.807, 2.05) is 13.0 Å². The summed E-state index contributed by atoms with van der Waals surface area (Å²) in [5.74, 6) is 0.768. The van der Waals surface area contributed by atoms with Crippen LogP contribution in [0.4, 0.5) is 5.69 Å². The zero-order chi connectivity index (χ0) is 13.1. The van der Waals surface area contributed by atoms with Gasteiger partial charge in [-0.15, -0.1) is 0 Å². The highest BCUT2D eigenvalue weighted by molar-refractivity contribution is 6.09. The number of rotatable bonds is 3. The molecule has 2 aromatic rings. The molecule has 0 saturated heterocycles. The van der Waals surface area contributed by atoms with Crippen LogP contribution >= 0.6 is 0 Å². The molecule has 3 heteroatoms. The third-order valence-electron chi connectivity index (χ3n) is 2.83. The van der Waals surface area contributed by atoms with Crippen LogP contribution in [0.5, 0.6) is 5.75 Å². The number of aryl methyl sites for hydroxylation is 1. The van der Waals surface area contributed by atoms with Gasteiger partial charge in [-0.25, -0.2) is 0 Å². The molecule has 0 atom stereocenters. The summed E-state index contributed by atoms with van der Waals surface area (Å²) >= 11 is 0. The molecule has 0 aliphatic rings. The average Bonchev–Trinajstić information content (AvgIpc) is 2.38. The lowest BCUT2D eigenvalue weighted by Crippen LogP contribution is -2.02.